The van der Waals surface area contributed by atoms with Crippen LogP contribution in [0.15, 0.2) is 0 Å². The average Bonchev–Trinajstić information content (AvgIpc) is 3.01. The zero-order chi connectivity index (χ0) is 21.0. The lowest BCUT2D eigenvalue weighted by Crippen LogP contribution is -2.65. The number of ketones is 1. The highest BCUT2D eigenvalue weighted by Crippen LogP contribution is 2.68. The van der Waals surface area contributed by atoms with Gasteiger partial charge in [0, 0.05) is 11.8 Å². The highest BCUT2D eigenvalue weighted by molar-refractivity contribution is 5.89. The molecule has 0 heterocycles. The molecule has 4 saturated carbocycles. The molecule has 0 bridgehead atoms. The van der Waals surface area contributed by atoms with Gasteiger partial charge in [0.15, 0.2) is 5.78 Å². The van der Waals surface area contributed by atoms with E-state index in [4.69, 9.17) is 0 Å². The van der Waals surface area contributed by atoms with Gasteiger partial charge in [-0.2, -0.15) is 0 Å². The largest absolute Gasteiger partial charge is 0.381 e. The van der Waals surface area contributed by atoms with Crippen LogP contribution in [0, 0.1) is 46.3 Å². The van der Waals surface area contributed by atoms with Crippen molar-refractivity contribution in [2.24, 2.45) is 46.3 Å². The molecule has 166 valence electrons. The normalized spacial score (nSPS) is 48.2. The minimum absolute atomic E-state index is 0.173. The number of rotatable bonds is 5. The van der Waals surface area contributed by atoms with Crippen LogP contribution < -0.4 is 0 Å². The van der Waals surface area contributed by atoms with Gasteiger partial charge >= 0.3 is 0 Å². The van der Waals surface area contributed by atoms with Crippen molar-refractivity contribution in [3.8, 4) is 0 Å². The lowest BCUT2D eigenvalue weighted by atomic mass is 9.43. The molecule has 8 atom stereocenters. The summed E-state index contributed by atoms with van der Waals surface area (Å²) in [4.78, 5) is 13.3. The van der Waals surface area contributed by atoms with Crippen molar-refractivity contribution in [2.45, 2.75) is 117 Å². The molecule has 29 heavy (non-hydrogen) atoms. The SMILES string of the molecule is CC(C)CCC[C@H](C)[C@H]1CC[C@H]2[C@H]3CC(=O)[C@@]4(O)CCCC[C@]4(C)[C@@H]3CC[C@]12C. The van der Waals surface area contributed by atoms with Gasteiger partial charge in [0.2, 0.25) is 0 Å². The third-order valence-electron chi connectivity index (χ3n) is 10.8. The van der Waals surface area contributed by atoms with E-state index in [1.54, 1.807) is 0 Å². The van der Waals surface area contributed by atoms with Gasteiger partial charge in [-0.3, -0.25) is 4.79 Å². The zero-order valence-electron chi connectivity index (χ0n) is 19.8. The molecule has 0 saturated heterocycles. The summed E-state index contributed by atoms with van der Waals surface area (Å²) in [5.41, 5.74) is -0.783. The van der Waals surface area contributed by atoms with Crippen LogP contribution in [0.3, 0.4) is 0 Å². The molecule has 4 rings (SSSR count). The minimum Gasteiger partial charge on any atom is -0.381 e. The molecule has 0 aromatic carbocycles. The summed E-state index contributed by atoms with van der Waals surface area (Å²) in [5, 5.41) is 11.5. The number of fused-ring (bicyclic) bond motifs is 5. The molecule has 0 spiro atoms. The molecule has 0 aromatic heterocycles. The number of aliphatic hydroxyl groups is 1. The number of hydrogen-bond acceptors (Lipinski definition) is 2. The van der Waals surface area contributed by atoms with E-state index in [0.717, 1.165) is 30.6 Å². The Morgan fingerprint density at radius 1 is 0.966 bits per heavy atom. The molecule has 2 nitrogen and oxygen atoms in total. The molecule has 1 N–H and O–H groups in total. The van der Waals surface area contributed by atoms with E-state index in [0.29, 0.717) is 36.0 Å². The standard InChI is InChI=1S/C27H46O2/c1-18(2)9-8-10-19(3)21-11-12-22-20-17-24(28)27(29)15-7-6-14-26(27,5)23(20)13-16-25(21,22)4/h18-23,29H,6-17H2,1-5H3/t19-,20+,21+,22-,23+,25+,26+,27-/m0/s1. The van der Waals surface area contributed by atoms with Crippen LogP contribution in [-0.4, -0.2) is 16.5 Å². The fourth-order valence-corrected chi connectivity index (χ4v) is 9.09. The Kier molecular flexibility index (Phi) is 5.76. The third-order valence-corrected chi connectivity index (χ3v) is 10.8. The lowest BCUT2D eigenvalue weighted by molar-refractivity contribution is -0.203. The van der Waals surface area contributed by atoms with Crippen LogP contribution in [-0.2, 0) is 4.79 Å². The van der Waals surface area contributed by atoms with Crippen molar-refractivity contribution in [1.29, 1.82) is 0 Å². The Bertz CT molecular complexity index is 626. The van der Waals surface area contributed by atoms with Crippen molar-refractivity contribution in [3.05, 3.63) is 0 Å². The van der Waals surface area contributed by atoms with Gasteiger partial charge < -0.3 is 5.11 Å². The van der Waals surface area contributed by atoms with E-state index in [9.17, 15) is 9.90 Å². The van der Waals surface area contributed by atoms with Gasteiger partial charge in [-0.25, -0.2) is 0 Å². The summed E-state index contributed by atoms with van der Waals surface area (Å²) >= 11 is 0. The Labute approximate surface area is 179 Å². The molecule has 4 fully saturated rings. The summed E-state index contributed by atoms with van der Waals surface area (Å²) in [6, 6.07) is 0. The van der Waals surface area contributed by atoms with E-state index >= 15 is 0 Å². The van der Waals surface area contributed by atoms with Crippen LogP contribution in [0.4, 0.5) is 0 Å². The van der Waals surface area contributed by atoms with E-state index < -0.39 is 5.60 Å². The Morgan fingerprint density at radius 3 is 2.41 bits per heavy atom. The number of carbonyl (C=O) groups excluding carboxylic acids is 1. The van der Waals surface area contributed by atoms with Crippen molar-refractivity contribution < 1.29 is 9.90 Å². The van der Waals surface area contributed by atoms with Gasteiger partial charge in [0.1, 0.15) is 5.60 Å². The Morgan fingerprint density at radius 2 is 1.69 bits per heavy atom. The first kappa shape index (κ1) is 21.8. The summed E-state index contributed by atoms with van der Waals surface area (Å²) in [7, 11) is 0. The Balaban J connectivity index is 1.53. The smallest absolute Gasteiger partial charge is 0.165 e. The fraction of sp³-hybridized carbons (Fsp3) is 0.963. The first-order valence-electron chi connectivity index (χ1n) is 12.9. The number of hydrogen-bond donors (Lipinski definition) is 1. The quantitative estimate of drug-likeness (QED) is 0.549. The maximum absolute atomic E-state index is 13.3. The highest BCUT2D eigenvalue weighted by atomic mass is 16.3. The van der Waals surface area contributed by atoms with Gasteiger partial charge in [0.05, 0.1) is 0 Å². The van der Waals surface area contributed by atoms with Gasteiger partial charge in [-0.15, -0.1) is 0 Å². The Hall–Kier alpha value is -0.370. The molecular weight excluding hydrogens is 356 g/mol. The highest BCUT2D eigenvalue weighted by Gasteiger charge is 2.66. The summed E-state index contributed by atoms with van der Waals surface area (Å²) in [6.07, 6.45) is 14.0. The molecule has 0 amide bonds. The lowest BCUT2D eigenvalue weighted by Gasteiger charge is -2.62. The number of carbonyl (C=O) groups is 1. The van der Waals surface area contributed by atoms with Crippen LogP contribution in [0.5, 0.6) is 0 Å². The molecule has 4 aliphatic rings. The summed E-state index contributed by atoms with van der Waals surface area (Å²) in [5.74, 6) is 4.42. The van der Waals surface area contributed by atoms with Gasteiger partial charge in [-0.05, 0) is 79.4 Å². The molecule has 0 radical (unpaired) electrons. The molecule has 0 unspecified atom stereocenters. The predicted molar refractivity (Wildman–Crippen MR) is 120 cm³/mol. The second-order valence-electron chi connectivity index (χ2n) is 12.5. The second kappa shape index (κ2) is 7.64. The molecule has 0 aliphatic heterocycles. The maximum Gasteiger partial charge on any atom is 0.165 e. The molecular formula is C27H46O2. The summed E-state index contributed by atoms with van der Waals surface area (Å²) in [6.45, 7) is 12.1. The molecule has 4 aliphatic carbocycles. The topological polar surface area (TPSA) is 37.3 Å². The van der Waals surface area contributed by atoms with Crippen molar-refractivity contribution in [1.82, 2.24) is 0 Å². The minimum atomic E-state index is -1.03. The van der Waals surface area contributed by atoms with Gasteiger partial charge in [0.25, 0.3) is 0 Å². The first-order valence-corrected chi connectivity index (χ1v) is 12.9. The number of Topliss-reactive ketones (excluding diaryl/α,β-unsaturated/α-hetero) is 1. The monoisotopic (exact) mass is 402 g/mol. The van der Waals surface area contributed by atoms with E-state index in [-0.39, 0.29) is 11.2 Å². The van der Waals surface area contributed by atoms with Gasteiger partial charge in [-0.1, -0.05) is 66.7 Å². The van der Waals surface area contributed by atoms with E-state index in [1.165, 1.54) is 51.4 Å². The van der Waals surface area contributed by atoms with Crippen molar-refractivity contribution >= 4 is 5.78 Å². The molecule has 0 aromatic rings. The van der Waals surface area contributed by atoms with Crippen LogP contribution in [0.1, 0.15) is 112 Å². The fourth-order valence-electron chi connectivity index (χ4n) is 9.09. The maximum atomic E-state index is 13.3. The van der Waals surface area contributed by atoms with Crippen LogP contribution in [0.2, 0.25) is 0 Å². The van der Waals surface area contributed by atoms with E-state index in [1.807, 2.05) is 0 Å². The predicted octanol–water partition coefficient (Wildman–Crippen LogP) is 6.79. The second-order valence-corrected chi connectivity index (χ2v) is 12.5. The average molecular weight is 403 g/mol. The van der Waals surface area contributed by atoms with E-state index in [2.05, 4.69) is 34.6 Å². The third kappa shape index (κ3) is 3.26. The van der Waals surface area contributed by atoms with Crippen molar-refractivity contribution in [3.63, 3.8) is 0 Å². The molecule has 2 heteroatoms. The van der Waals surface area contributed by atoms with Crippen molar-refractivity contribution in [2.75, 3.05) is 0 Å². The zero-order valence-corrected chi connectivity index (χ0v) is 19.8. The summed E-state index contributed by atoms with van der Waals surface area (Å²) < 4.78 is 0. The first-order chi connectivity index (χ1) is 13.6. The van der Waals surface area contributed by atoms with Crippen LogP contribution in [0.25, 0.3) is 0 Å². The van der Waals surface area contributed by atoms with Crippen LogP contribution >= 0.6 is 0 Å².